The van der Waals surface area contributed by atoms with E-state index in [0.717, 1.165) is 23.5 Å². The number of hydrogen-bond acceptors (Lipinski definition) is 5. The van der Waals surface area contributed by atoms with Gasteiger partial charge in [-0.05, 0) is 54.8 Å². The minimum atomic E-state index is -1.15. The zero-order valence-corrected chi connectivity index (χ0v) is 24.1. The molecule has 3 rings (SSSR count). The van der Waals surface area contributed by atoms with Gasteiger partial charge in [0.15, 0.2) is 6.61 Å². The monoisotopic (exact) mass is 596 g/mol. The third-order valence-corrected chi connectivity index (χ3v) is 6.73. The quantitative estimate of drug-likeness (QED) is 0.246. The van der Waals surface area contributed by atoms with Crippen LogP contribution >= 0.6 is 0 Å². The molecular weight excluding hydrogens is 562 g/mol. The Kier molecular flexibility index (Phi) is 11.6. The minimum Gasteiger partial charge on any atom is -0.482 e. The van der Waals surface area contributed by atoms with Crippen molar-refractivity contribution in [2.24, 2.45) is 5.92 Å². The number of aromatic carboxylic acids is 1. The summed E-state index contributed by atoms with van der Waals surface area (Å²) in [7, 11) is 1.36. The fraction of sp³-hybridized carbons (Fsp3) is 0.290. The summed E-state index contributed by atoms with van der Waals surface area (Å²) in [5.74, 6) is -3.31. The number of carbonyl (C=O) groups excluding carboxylic acids is 3. The Morgan fingerprint density at radius 3 is 2.33 bits per heavy atom. The largest absolute Gasteiger partial charge is 0.482 e. The molecule has 0 aliphatic rings. The predicted molar refractivity (Wildman–Crippen MR) is 159 cm³/mol. The van der Waals surface area contributed by atoms with Gasteiger partial charge in [0, 0.05) is 31.0 Å². The number of carboxylic acids is 1. The Morgan fingerprint density at radius 1 is 0.953 bits per heavy atom. The van der Waals surface area contributed by atoms with Crippen LogP contribution < -0.4 is 25.2 Å². The van der Waals surface area contributed by atoms with Gasteiger partial charge in [0.25, 0.3) is 5.91 Å². The molecule has 0 aromatic heterocycles. The Morgan fingerprint density at radius 2 is 1.65 bits per heavy atom. The molecule has 12 heteroatoms. The molecule has 0 heterocycles. The fourth-order valence-corrected chi connectivity index (χ4v) is 4.01. The highest BCUT2D eigenvalue weighted by Crippen LogP contribution is 2.29. The van der Waals surface area contributed by atoms with Crippen LogP contribution in [-0.4, -0.2) is 55.7 Å². The summed E-state index contributed by atoms with van der Waals surface area (Å²) in [5.41, 5.74) is 0.630. The SMILES string of the molecule is CCC(C)CCN(C(=O)CNC(=O)Nc1cccc(C(=O)O)c1)c1ccccc1OCC(=O)N(C)c1cc(F)cc(F)c1. The van der Waals surface area contributed by atoms with Crippen molar-refractivity contribution in [1.29, 1.82) is 0 Å². The second kappa shape index (κ2) is 15.3. The van der Waals surface area contributed by atoms with Crippen LogP contribution in [0, 0.1) is 17.6 Å². The molecule has 4 amide bonds. The van der Waals surface area contributed by atoms with Crippen LogP contribution in [-0.2, 0) is 9.59 Å². The molecule has 0 bridgehead atoms. The van der Waals surface area contributed by atoms with Gasteiger partial charge in [-0.15, -0.1) is 0 Å². The summed E-state index contributed by atoms with van der Waals surface area (Å²) in [6.07, 6.45) is 1.54. The molecule has 0 aliphatic heterocycles. The summed E-state index contributed by atoms with van der Waals surface area (Å²) in [5, 5.41) is 14.1. The molecule has 0 spiro atoms. The van der Waals surface area contributed by atoms with Crippen molar-refractivity contribution in [3.8, 4) is 5.75 Å². The number of urea groups is 1. The van der Waals surface area contributed by atoms with Crippen molar-refractivity contribution in [1.82, 2.24) is 5.32 Å². The van der Waals surface area contributed by atoms with Crippen LogP contribution in [0.3, 0.4) is 0 Å². The van der Waals surface area contributed by atoms with Crippen molar-refractivity contribution in [3.63, 3.8) is 0 Å². The van der Waals surface area contributed by atoms with Gasteiger partial charge in [0.05, 0.1) is 17.8 Å². The molecule has 0 saturated carbocycles. The molecule has 0 aliphatic carbocycles. The molecule has 0 fully saturated rings. The van der Waals surface area contributed by atoms with E-state index >= 15 is 0 Å². The number of nitrogens with one attached hydrogen (secondary N) is 2. The van der Waals surface area contributed by atoms with Crippen LogP contribution in [0.15, 0.2) is 66.7 Å². The van der Waals surface area contributed by atoms with E-state index in [1.165, 1.54) is 36.2 Å². The summed E-state index contributed by atoms with van der Waals surface area (Å²) < 4.78 is 33.1. The summed E-state index contributed by atoms with van der Waals surface area (Å²) in [4.78, 5) is 52.4. The van der Waals surface area contributed by atoms with Crippen LogP contribution in [0.25, 0.3) is 0 Å². The van der Waals surface area contributed by atoms with Gasteiger partial charge in [0.2, 0.25) is 5.91 Å². The maximum Gasteiger partial charge on any atom is 0.335 e. The number of likely N-dealkylation sites (N-methyl/N-ethyl adjacent to an activating group) is 1. The van der Waals surface area contributed by atoms with E-state index < -0.39 is 42.1 Å². The second-order valence-electron chi connectivity index (χ2n) is 9.88. The number of carboxylic acid groups (broad SMARTS) is 1. The van der Waals surface area contributed by atoms with Crippen LogP contribution in [0.1, 0.15) is 37.0 Å². The number of ether oxygens (including phenoxy) is 1. The molecule has 1 atom stereocenters. The van der Waals surface area contributed by atoms with Crippen molar-refractivity contribution in [3.05, 3.63) is 83.9 Å². The van der Waals surface area contributed by atoms with E-state index in [2.05, 4.69) is 10.6 Å². The lowest BCUT2D eigenvalue weighted by Crippen LogP contribution is -2.42. The second-order valence-corrected chi connectivity index (χ2v) is 9.88. The minimum absolute atomic E-state index is 0.00512. The van der Waals surface area contributed by atoms with E-state index in [-0.39, 0.29) is 29.2 Å². The maximum absolute atomic E-state index is 13.6. The highest BCUT2D eigenvalue weighted by molar-refractivity contribution is 6.00. The first kappa shape index (κ1) is 32.5. The number of hydrogen-bond donors (Lipinski definition) is 3. The smallest absolute Gasteiger partial charge is 0.335 e. The molecule has 0 radical (unpaired) electrons. The van der Waals surface area contributed by atoms with Gasteiger partial charge in [-0.2, -0.15) is 0 Å². The molecule has 1 unspecified atom stereocenters. The van der Waals surface area contributed by atoms with Crippen molar-refractivity contribution < 1.29 is 37.8 Å². The van der Waals surface area contributed by atoms with Gasteiger partial charge in [-0.25, -0.2) is 18.4 Å². The summed E-state index contributed by atoms with van der Waals surface area (Å²) in [6, 6.07) is 14.3. The molecule has 10 nitrogen and oxygen atoms in total. The van der Waals surface area contributed by atoms with Crippen LogP contribution in [0.5, 0.6) is 5.75 Å². The number of carbonyl (C=O) groups is 4. The highest BCUT2D eigenvalue weighted by atomic mass is 19.1. The zero-order chi connectivity index (χ0) is 31.5. The van der Waals surface area contributed by atoms with Crippen molar-refractivity contribution in [2.45, 2.75) is 26.7 Å². The number of rotatable bonds is 13. The molecular formula is C31H34F2N4O6. The molecule has 0 saturated heterocycles. The Hall–Kier alpha value is -5.00. The third-order valence-electron chi connectivity index (χ3n) is 6.73. The first-order chi connectivity index (χ1) is 20.5. The van der Waals surface area contributed by atoms with Gasteiger partial charge < -0.3 is 30.3 Å². The standard InChI is InChI=1S/C31H34F2N4O6/c1-4-20(2)12-13-37(28(38)18-34-31(42)35-24-9-7-8-21(14-24)30(40)41)26-10-5-6-11-27(26)43-19-29(39)36(3)25-16-22(32)15-23(33)17-25/h5-11,14-17,20H,4,12-13,18-19H2,1-3H3,(H,40,41)(H2,34,35,42). The van der Waals surface area contributed by atoms with Gasteiger partial charge in [0.1, 0.15) is 17.4 Å². The third kappa shape index (κ3) is 9.52. The van der Waals surface area contributed by atoms with E-state index in [1.54, 1.807) is 24.3 Å². The zero-order valence-electron chi connectivity index (χ0n) is 24.1. The number of benzene rings is 3. The van der Waals surface area contributed by atoms with E-state index in [9.17, 15) is 28.0 Å². The predicted octanol–water partition coefficient (Wildman–Crippen LogP) is 5.30. The van der Waals surface area contributed by atoms with Crippen molar-refractivity contribution >= 4 is 40.9 Å². The fourth-order valence-electron chi connectivity index (χ4n) is 4.01. The number of halogens is 2. The normalized spacial score (nSPS) is 11.3. The summed E-state index contributed by atoms with van der Waals surface area (Å²) in [6.45, 7) is 3.52. The lowest BCUT2D eigenvalue weighted by atomic mass is 10.0. The van der Waals surface area contributed by atoms with Crippen molar-refractivity contribution in [2.75, 3.05) is 41.9 Å². The molecule has 3 aromatic rings. The molecule has 43 heavy (non-hydrogen) atoms. The highest BCUT2D eigenvalue weighted by Gasteiger charge is 2.22. The van der Waals surface area contributed by atoms with E-state index in [4.69, 9.17) is 9.84 Å². The lowest BCUT2D eigenvalue weighted by molar-refractivity contribution is -0.120. The summed E-state index contributed by atoms with van der Waals surface area (Å²) >= 11 is 0. The Balaban J connectivity index is 1.72. The first-order valence-electron chi connectivity index (χ1n) is 13.6. The van der Waals surface area contributed by atoms with Crippen LogP contribution in [0.4, 0.5) is 30.6 Å². The van der Waals surface area contributed by atoms with Gasteiger partial charge >= 0.3 is 12.0 Å². The van der Waals surface area contributed by atoms with Crippen LogP contribution in [0.2, 0.25) is 0 Å². The average molecular weight is 597 g/mol. The molecule has 228 valence electrons. The molecule has 3 aromatic carbocycles. The first-order valence-corrected chi connectivity index (χ1v) is 13.6. The molecule has 3 N–H and O–H groups in total. The maximum atomic E-state index is 13.6. The number of amides is 4. The lowest BCUT2D eigenvalue weighted by Gasteiger charge is -2.27. The van der Waals surface area contributed by atoms with Gasteiger partial charge in [-0.3, -0.25) is 9.59 Å². The Bertz CT molecular complexity index is 1450. The number of nitrogens with zero attached hydrogens (tertiary/aromatic N) is 2. The van der Waals surface area contributed by atoms with E-state index in [0.29, 0.717) is 30.6 Å². The average Bonchev–Trinajstić information content (AvgIpc) is 2.98. The topological polar surface area (TPSA) is 128 Å². The van der Waals surface area contributed by atoms with E-state index in [1.807, 2.05) is 13.8 Å². The number of para-hydroxylation sites is 2. The Labute approximate surface area is 248 Å². The number of anilines is 3. The van der Waals surface area contributed by atoms with Gasteiger partial charge in [-0.1, -0.05) is 38.5 Å².